The van der Waals surface area contributed by atoms with Gasteiger partial charge in [-0.15, -0.1) is 0 Å². The second-order valence-corrected chi connectivity index (χ2v) is 9.57. The van der Waals surface area contributed by atoms with Crippen LogP contribution < -0.4 is 9.62 Å². The third-order valence-corrected chi connectivity index (χ3v) is 7.33. The molecular weight excluding hydrogens is 400 g/mol. The number of aryl methyl sites for hydroxylation is 1. The van der Waals surface area contributed by atoms with Crippen molar-refractivity contribution in [1.82, 2.24) is 0 Å². The van der Waals surface area contributed by atoms with E-state index in [0.717, 1.165) is 42.5 Å². The minimum Gasteiger partial charge on any atom is -0.481 e. The van der Waals surface area contributed by atoms with Gasteiger partial charge < -0.3 is 10.4 Å². The van der Waals surface area contributed by atoms with Gasteiger partial charge >= 0.3 is 5.97 Å². The minimum absolute atomic E-state index is 0. The van der Waals surface area contributed by atoms with Crippen LogP contribution in [0.5, 0.6) is 0 Å². The van der Waals surface area contributed by atoms with E-state index < -0.39 is 16.0 Å². The minimum atomic E-state index is -3.62. The zero-order valence-electron chi connectivity index (χ0n) is 17.0. The number of fused-ring (bicyclic) bond motifs is 2. The molecule has 0 saturated carbocycles. The molecule has 0 aliphatic carbocycles. The summed E-state index contributed by atoms with van der Waals surface area (Å²) in [4.78, 5) is 11.0. The highest BCUT2D eigenvalue weighted by Gasteiger charge is 2.36. The SMILES string of the molecule is C.Cc1ccc2c(c1)S(=O)(=O)N(C)c1ccccc1C2[NH2+]CCCCCCC(=O)O. The first-order valence-corrected chi connectivity index (χ1v) is 11.5. The predicted molar refractivity (Wildman–Crippen MR) is 119 cm³/mol. The van der Waals surface area contributed by atoms with Crippen LogP contribution >= 0.6 is 0 Å². The fraction of sp³-hybridized carbons (Fsp3) is 0.435. The molecule has 0 radical (unpaired) electrons. The molecule has 0 aromatic heterocycles. The lowest BCUT2D eigenvalue weighted by molar-refractivity contribution is -0.687. The molecular formula is C23H33N2O4S+. The molecule has 0 fully saturated rings. The predicted octanol–water partition coefficient (Wildman–Crippen LogP) is 3.46. The van der Waals surface area contributed by atoms with Crippen molar-refractivity contribution in [3.8, 4) is 0 Å². The van der Waals surface area contributed by atoms with E-state index >= 15 is 0 Å². The van der Waals surface area contributed by atoms with Gasteiger partial charge in [0, 0.05) is 24.6 Å². The lowest BCUT2D eigenvalue weighted by atomic mass is 9.96. The molecule has 2 aromatic carbocycles. The maximum atomic E-state index is 13.3. The highest BCUT2D eigenvalue weighted by molar-refractivity contribution is 7.92. The van der Waals surface area contributed by atoms with E-state index in [1.54, 1.807) is 13.1 Å². The van der Waals surface area contributed by atoms with Crippen molar-refractivity contribution in [1.29, 1.82) is 0 Å². The highest BCUT2D eigenvalue weighted by atomic mass is 32.2. The van der Waals surface area contributed by atoms with Crippen LogP contribution in [0.25, 0.3) is 0 Å². The Labute approximate surface area is 180 Å². The number of para-hydroxylation sites is 1. The number of aliphatic carboxylic acids is 1. The number of carbonyl (C=O) groups is 1. The number of benzene rings is 2. The molecule has 3 N–H and O–H groups in total. The van der Waals surface area contributed by atoms with E-state index in [2.05, 4.69) is 5.32 Å². The zero-order chi connectivity index (χ0) is 21.0. The van der Waals surface area contributed by atoms with Gasteiger partial charge in [0.1, 0.15) is 6.04 Å². The molecule has 7 heteroatoms. The summed E-state index contributed by atoms with van der Waals surface area (Å²) >= 11 is 0. The summed E-state index contributed by atoms with van der Waals surface area (Å²) in [6.07, 6.45) is 3.75. The molecule has 1 aliphatic heterocycles. The Morgan fingerprint density at radius 3 is 2.50 bits per heavy atom. The Kier molecular flexibility index (Phi) is 8.03. The molecule has 0 amide bonds. The molecule has 164 valence electrons. The number of unbranched alkanes of at least 4 members (excludes halogenated alkanes) is 3. The van der Waals surface area contributed by atoms with Gasteiger partial charge in [-0.25, -0.2) is 8.42 Å². The van der Waals surface area contributed by atoms with Crippen LogP contribution in [0.3, 0.4) is 0 Å². The Morgan fingerprint density at radius 1 is 1.07 bits per heavy atom. The summed E-state index contributed by atoms with van der Waals surface area (Å²) in [5.74, 6) is -0.746. The van der Waals surface area contributed by atoms with E-state index in [-0.39, 0.29) is 19.9 Å². The van der Waals surface area contributed by atoms with Gasteiger partial charge in [-0.2, -0.15) is 0 Å². The van der Waals surface area contributed by atoms with E-state index in [9.17, 15) is 13.2 Å². The molecule has 30 heavy (non-hydrogen) atoms. The molecule has 1 heterocycles. The van der Waals surface area contributed by atoms with Crippen LogP contribution in [-0.2, 0) is 14.8 Å². The third kappa shape index (κ3) is 5.02. The van der Waals surface area contributed by atoms with Crippen molar-refractivity contribution >= 4 is 21.7 Å². The van der Waals surface area contributed by atoms with E-state index in [0.29, 0.717) is 17.0 Å². The van der Waals surface area contributed by atoms with Crippen LogP contribution in [0.4, 0.5) is 5.69 Å². The Balaban J connectivity index is 0.00000320. The van der Waals surface area contributed by atoms with Crippen molar-refractivity contribution in [2.24, 2.45) is 0 Å². The Hall–Kier alpha value is -2.38. The second-order valence-electron chi connectivity index (χ2n) is 7.63. The topological polar surface area (TPSA) is 91.3 Å². The van der Waals surface area contributed by atoms with Crippen LogP contribution in [0.15, 0.2) is 47.4 Å². The first-order valence-electron chi connectivity index (χ1n) is 10.1. The third-order valence-electron chi connectivity index (χ3n) is 5.50. The molecule has 2 aromatic rings. The molecule has 3 rings (SSSR count). The average Bonchev–Trinajstić information content (AvgIpc) is 2.75. The summed E-state index contributed by atoms with van der Waals surface area (Å²) in [5.41, 5.74) is 3.44. The first-order chi connectivity index (χ1) is 13.8. The number of carboxylic acid groups (broad SMARTS) is 1. The van der Waals surface area contributed by atoms with Crippen molar-refractivity contribution in [3.05, 3.63) is 59.2 Å². The fourth-order valence-corrected chi connectivity index (χ4v) is 5.46. The van der Waals surface area contributed by atoms with Crippen molar-refractivity contribution < 1.29 is 23.6 Å². The van der Waals surface area contributed by atoms with Crippen LogP contribution in [0.2, 0.25) is 0 Å². The van der Waals surface area contributed by atoms with E-state index in [4.69, 9.17) is 5.11 Å². The number of nitrogens with zero attached hydrogens (tertiary/aromatic N) is 1. The van der Waals surface area contributed by atoms with Gasteiger partial charge in [0.25, 0.3) is 10.0 Å². The van der Waals surface area contributed by atoms with Crippen LogP contribution in [0, 0.1) is 6.92 Å². The average molecular weight is 434 g/mol. The van der Waals surface area contributed by atoms with Crippen molar-refractivity contribution in [2.75, 3.05) is 17.9 Å². The molecule has 0 saturated heterocycles. The molecule has 1 aliphatic rings. The number of sulfonamides is 1. The second kappa shape index (κ2) is 10.1. The number of anilines is 1. The van der Waals surface area contributed by atoms with Crippen molar-refractivity contribution in [2.45, 2.75) is 57.4 Å². The summed E-state index contributed by atoms with van der Waals surface area (Å²) in [6.45, 7) is 2.76. The molecule has 1 atom stereocenters. The Morgan fingerprint density at radius 2 is 1.77 bits per heavy atom. The number of carboxylic acids is 1. The van der Waals surface area contributed by atoms with Crippen LogP contribution in [0.1, 0.15) is 62.3 Å². The monoisotopic (exact) mass is 433 g/mol. The smallest absolute Gasteiger partial charge is 0.303 e. The maximum absolute atomic E-state index is 13.3. The first kappa shape index (κ1) is 23.9. The van der Waals surface area contributed by atoms with E-state index in [1.165, 1.54) is 4.31 Å². The van der Waals surface area contributed by atoms with Gasteiger partial charge in [-0.1, -0.05) is 44.2 Å². The summed E-state index contributed by atoms with van der Waals surface area (Å²) < 4.78 is 27.9. The molecule has 0 bridgehead atoms. The van der Waals surface area contributed by atoms with Crippen LogP contribution in [-0.4, -0.2) is 33.1 Å². The number of quaternary nitrogens is 1. The van der Waals surface area contributed by atoms with Gasteiger partial charge in [0.2, 0.25) is 0 Å². The van der Waals surface area contributed by atoms with Crippen molar-refractivity contribution in [3.63, 3.8) is 0 Å². The normalized spacial score (nSPS) is 16.7. The fourth-order valence-electron chi connectivity index (χ4n) is 3.92. The lowest BCUT2D eigenvalue weighted by Crippen LogP contribution is -2.85. The summed E-state index contributed by atoms with van der Waals surface area (Å²) in [6, 6.07) is 13.3. The standard InChI is InChI=1S/C22H28N2O4S.CH4/c1-16-12-13-18-20(15-16)29(27,28)24(2)19-10-7-6-9-17(19)22(18)23-14-8-4-3-5-11-21(25)26;/h6-7,9-10,12-13,15,22-23H,3-5,8,11,14H2,1-2H3,(H,25,26);1H4/p+1. The summed E-state index contributed by atoms with van der Waals surface area (Å²) in [7, 11) is -2.00. The number of hydrogen-bond donors (Lipinski definition) is 2. The maximum Gasteiger partial charge on any atom is 0.303 e. The number of nitrogens with two attached hydrogens (primary N) is 1. The highest BCUT2D eigenvalue weighted by Crippen LogP contribution is 2.38. The van der Waals surface area contributed by atoms with Gasteiger partial charge in [0.15, 0.2) is 0 Å². The van der Waals surface area contributed by atoms with Gasteiger partial charge in [0.05, 0.1) is 17.1 Å². The quantitative estimate of drug-likeness (QED) is 0.624. The number of hydrogen-bond acceptors (Lipinski definition) is 3. The largest absolute Gasteiger partial charge is 0.481 e. The lowest BCUT2D eigenvalue weighted by Gasteiger charge is -2.20. The molecule has 6 nitrogen and oxygen atoms in total. The van der Waals surface area contributed by atoms with E-state index in [1.807, 2.05) is 43.3 Å². The van der Waals surface area contributed by atoms with Gasteiger partial charge in [-0.05, 0) is 43.9 Å². The summed E-state index contributed by atoms with van der Waals surface area (Å²) in [5, 5.41) is 10.9. The molecule has 1 unspecified atom stereocenters. The zero-order valence-corrected chi connectivity index (χ0v) is 17.8. The van der Waals surface area contributed by atoms with Gasteiger partial charge in [-0.3, -0.25) is 9.10 Å². The Bertz CT molecular complexity index is 988. The molecule has 0 spiro atoms. The number of rotatable bonds is 8.